The number of carbonyl (C=O) groups excluding carboxylic acids is 1. The molecule has 0 radical (unpaired) electrons. The summed E-state index contributed by atoms with van der Waals surface area (Å²) >= 11 is 10.2. The first kappa shape index (κ1) is 19.9. The molecule has 0 aliphatic carbocycles. The molecule has 1 heterocycles. The summed E-state index contributed by atoms with van der Waals surface area (Å²) in [5.41, 5.74) is 1.96. The van der Waals surface area contributed by atoms with Crippen LogP contribution in [0.2, 0.25) is 0 Å². The molecular weight excluding hydrogens is 446 g/mol. The van der Waals surface area contributed by atoms with Crippen LogP contribution in [0.15, 0.2) is 51.8 Å². The number of amides is 1. The Bertz CT molecular complexity index is 900. The van der Waals surface area contributed by atoms with E-state index in [-0.39, 0.29) is 5.91 Å². The molecule has 2 aromatic carbocycles. The topological polar surface area (TPSA) is 38.8 Å². The molecule has 3 rings (SSSR count). The van der Waals surface area contributed by atoms with Crippen molar-refractivity contribution in [3.63, 3.8) is 0 Å². The zero-order valence-electron chi connectivity index (χ0n) is 14.9. The highest BCUT2D eigenvalue weighted by Gasteiger charge is 2.31. The van der Waals surface area contributed by atoms with Crippen molar-refractivity contribution in [3.05, 3.63) is 63.0 Å². The normalized spacial score (nSPS) is 15.5. The largest absolute Gasteiger partial charge is 0.496 e. The Balaban J connectivity index is 1.81. The molecule has 1 aliphatic heterocycles. The Morgan fingerprint density at radius 3 is 2.52 bits per heavy atom. The Labute approximate surface area is 176 Å². The fourth-order valence-corrected chi connectivity index (χ4v) is 4.54. The summed E-state index contributed by atoms with van der Waals surface area (Å²) in [4.78, 5) is 15.1. The molecule has 1 fully saturated rings. The quantitative estimate of drug-likeness (QED) is 0.449. The maximum atomic E-state index is 12.8. The SMILES string of the molecule is COc1cc(OC)c(C=C2SC(=S)N(CCc3ccccc3)C2=O)cc1Br. The molecule has 27 heavy (non-hydrogen) atoms. The number of carbonyl (C=O) groups is 1. The van der Waals surface area contributed by atoms with E-state index in [1.165, 1.54) is 17.3 Å². The van der Waals surface area contributed by atoms with Gasteiger partial charge < -0.3 is 9.47 Å². The van der Waals surface area contributed by atoms with Crippen molar-refractivity contribution in [2.75, 3.05) is 20.8 Å². The number of thiocarbonyl (C=S) groups is 1. The molecule has 140 valence electrons. The summed E-state index contributed by atoms with van der Waals surface area (Å²) in [5, 5.41) is 0. The summed E-state index contributed by atoms with van der Waals surface area (Å²) in [6.45, 7) is 0.565. The molecule has 2 aromatic rings. The van der Waals surface area contributed by atoms with Crippen LogP contribution in [-0.4, -0.2) is 35.9 Å². The van der Waals surface area contributed by atoms with Crippen LogP contribution in [0.3, 0.4) is 0 Å². The standard InChI is InChI=1S/C20H18BrNO3S2/c1-24-16-12-17(25-2)15(21)10-14(16)11-18-19(23)22(20(26)27-18)9-8-13-6-4-3-5-7-13/h3-7,10-12H,8-9H2,1-2H3. The lowest BCUT2D eigenvalue weighted by molar-refractivity contribution is -0.122. The third-order valence-electron chi connectivity index (χ3n) is 4.13. The van der Waals surface area contributed by atoms with E-state index in [2.05, 4.69) is 15.9 Å². The number of rotatable bonds is 6. The van der Waals surface area contributed by atoms with Gasteiger partial charge in [-0.05, 0) is 40.1 Å². The van der Waals surface area contributed by atoms with Crippen LogP contribution in [0.5, 0.6) is 11.5 Å². The Morgan fingerprint density at radius 1 is 1.15 bits per heavy atom. The number of halogens is 1. The van der Waals surface area contributed by atoms with Crippen LogP contribution in [-0.2, 0) is 11.2 Å². The number of ether oxygens (including phenoxy) is 2. The van der Waals surface area contributed by atoms with Gasteiger partial charge in [-0.2, -0.15) is 0 Å². The van der Waals surface area contributed by atoms with E-state index in [1.54, 1.807) is 25.2 Å². The monoisotopic (exact) mass is 463 g/mol. The molecular formula is C20H18BrNO3S2. The summed E-state index contributed by atoms with van der Waals surface area (Å²) in [5.74, 6) is 1.22. The van der Waals surface area contributed by atoms with Crippen LogP contribution in [0.1, 0.15) is 11.1 Å². The van der Waals surface area contributed by atoms with Crippen molar-refractivity contribution >= 4 is 56.2 Å². The molecule has 0 aromatic heterocycles. The lowest BCUT2D eigenvalue weighted by Gasteiger charge is -2.14. The van der Waals surface area contributed by atoms with Gasteiger partial charge >= 0.3 is 0 Å². The second-order valence-electron chi connectivity index (χ2n) is 5.80. The van der Waals surface area contributed by atoms with Gasteiger partial charge in [-0.15, -0.1) is 0 Å². The fraction of sp³-hybridized carbons (Fsp3) is 0.200. The predicted octanol–water partition coefficient (Wildman–Crippen LogP) is 4.91. The zero-order chi connectivity index (χ0) is 19.4. The third kappa shape index (κ3) is 4.54. The van der Waals surface area contributed by atoms with E-state index < -0.39 is 0 Å². The van der Waals surface area contributed by atoms with Crippen LogP contribution < -0.4 is 9.47 Å². The average Bonchev–Trinajstić information content (AvgIpc) is 2.94. The van der Waals surface area contributed by atoms with Crippen molar-refractivity contribution in [2.24, 2.45) is 0 Å². The van der Waals surface area contributed by atoms with Crippen molar-refractivity contribution < 1.29 is 14.3 Å². The number of methoxy groups -OCH3 is 2. The minimum atomic E-state index is -0.0741. The van der Waals surface area contributed by atoms with Gasteiger partial charge in [0.2, 0.25) is 0 Å². The fourth-order valence-electron chi connectivity index (χ4n) is 2.72. The highest BCUT2D eigenvalue weighted by Crippen LogP contribution is 2.38. The lowest BCUT2D eigenvalue weighted by Crippen LogP contribution is -2.30. The molecule has 1 amide bonds. The first-order valence-corrected chi connectivity index (χ1v) is 10.3. The Hall–Kier alpha value is -1.83. The van der Waals surface area contributed by atoms with Gasteiger partial charge in [0.25, 0.3) is 5.91 Å². The highest BCUT2D eigenvalue weighted by molar-refractivity contribution is 9.10. The molecule has 4 nitrogen and oxygen atoms in total. The second-order valence-corrected chi connectivity index (χ2v) is 8.33. The first-order chi connectivity index (χ1) is 13.0. The van der Waals surface area contributed by atoms with Gasteiger partial charge in [0, 0.05) is 18.2 Å². The number of hydrogen-bond donors (Lipinski definition) is 0. The van der Waals surface area contributed by atoms with Gasteiger partial charge in [0.1, 0.15) is 15.8 Å². The van der Waals surface area contributed by atoms with Gasteiger partial charge in [0.15, 0.2) is 0 Å². The van der Waals surface area contributed by atoms with E-state index in [4.69, 9.17) is 21.7 Å². The third-order valence-corrected chi connectivity index (χ3v) is 6.13. The summed E-state index contributed by atoms with van der Waals surface area (Å²) in [7, 11) is 3.18. The zero-order valence-corrected chi connectivity index (χ0v) is 18.1. The minimum Gasteiger partial charge on any atom is -0.496 e. The number of nitrogens with zero attached hydrogens (tertiary/aromatic N) is 1. The Morgan fingerprint density at radius 2 is 1.85 bits per heavy atom. The van der Waals surface area contributed by atoms with Crippen molar-refractivity contribution in [1.82, 2.24) is 4.90 Å². The molecule has 0 unspecified atom stereocenters. The smallest absolute Gasteiger partial charge is 0.266 e. The van der Waals surface area contributed by atoms with Crippen LogP contribution in [0.4, 0.5) is 0 Å². The summed E-state index contributed by atoms with van der Waals surface area (Å²) in [6.07, 6.45) is 2.57. The molecule has 1 aliphatic rings. The average molecular weight is 464 g/mol. The minimum absolute atomic E-state index is 0.0741. The van der Waals surface area contributed by atoms with Crippen molar-refractivity contribution in [1.29, 1.82) is 0 Å². The van der Waals surface area contributed by atoms with Crippen LogP contribution >= 0.6 is 39.9 Å². The highest BCUT2D eigenvalue weighted by atomic mass is 79.9. The number of thioether (sulfide) groups is 1. The predicted molar refractivity (Wildman–Crippen MR) is 117 cm³/mol. The van der Waals surface area contributed by atoms with E-state index in [1.807, 2.05) is 42.5 Å². The lowest BCUT2D eigenvalue weighted by atomic mass is 10.1. The van der Waals surface area contributed by atoms with Crippen molar-refractivity contribution in [2.45, 2.75) is 6.42 Å². The maximum Gasteiger partial charge on any atom is 0.266 e. The number of benzene rings is 2. The summed E-state index contributed by atoms with van der Waals surface area (Å²) in [6, 6.07) is 13.7. The van der Waals surface area contributed by atoms with Crippen molar-refractivity contribution in [3.8, 4) is 11.5 Å². The second kappa shape index (κ2) is 8.91. The van der Waals surface area contributed by atoms with E-state index in [0.29, 0.717) is 27.3 Å². The van der Waals surface area contributed by atoms with E-state index in [0.717, 1.165) is 16.5 Å². The Kier molecular flexibility index (Phi) is 6.57. The molecule has 0 spiro atoms. The van der Waals surface area contributed by atoms with E-state index >= 15 is 0 Å². The molecule has 1 saturated heterocycles. The summed E-state index contributed by atoms with van der Waals surface area (Å²) < 4.78 is 12.1. The number of hydrogen-bond acceptors (Lipinski definition) is 5. The first-order valence-electron chi connectivity index (χ1n) is 8.24. The van der Waals surface area contributed by atoms with Gasteiger partial charge in [0.05, 0.1) is 23.6 Å². The van der Waals surface area contributed by atoms with Crippen LogP contribution in [0, 0.1) is 0 Å². The van der Waals surface area contributed by atoms with Gasteiger partial charge in [-0.25, -0.2) is 0 Å². The van der Waals surface area contributed by atoms with Crippen LogP contribution in [0.25, 0.3) is 6.08 Å². The maximum absolute atomic E-state index is 12.8. The molecule has 0 N–H and O–H groups in total. The van der Waals surface area contributed by atoms with E-state index in [9.17, 15) is 4.79 Å². The molecule has 7 heteroatoms. The van der Waals surface area contributed by atoms with Gasteiger partial charge in [-0.3, -0.25) is 9.69 Å². The molecule has 0 bridgehead atoms. The molecule has 0 saturated carbocycles. The van der Waals surface area contributed by atoms with Gasteiger partial charge in [-0.1, -0.05) is 54.3 Å². The molecule has 0 atom stereocenters.